The van der Waals surface area contributed by atoms with Crippen molar-refractivity contribution in [3.8, 4) is 11.1 Å². The maximum Gasteiger partial charge on any atom is 0.459 e. The Hall–Kier alpha value is -3.56. The SMILES string of the molecule is CCOC(=O)c1cn2c(ccc3c(-c4ccccc4)cc(C(F)(F)C(F)(F)F)nc32)n1. The molecule has 160 valence electrons. The van der Waals surface area contributed by atoms with E-state index in [1.807, 2.05) is 0 Å². The van der Waals surface area contributed by atoms with E-state index in [2.05, 4.69) is 9.97 Å². The molecule has 0 amide bonds. The first-order chi connectivity index (χ1) is 14.6. The molecule has 4 rings (SSSR count). The normalized spacial score (nSPS) is 12.5. The Balaban J connectivity index is 2.06. The number of ether oxygens (including phenoxy) is 1. The number of carbonyl (C=O) groups excluding carboxylic acids is 1. The molecule has 0 fully saturated rings. The highest BCUT2D eigenvalue weighted by atomic mass is 19.4. The van der Waals surface area contributed by atoms with Crippen LogP contribution in [0, 0.1) is 0 Å². The number of benzene rings is 1. The van der Waals surface area contributed by atoms with Crippen molar-refractivity contribution in [2.75, 3.05) is 6.61 Å². The van der Waals surface area contributed by atoms with Crippen molar-refractivity contribution in [1.82, 2.24) is 14.4 Å². The summed E-state index contributed by atoms with van der Waals surface area (Å²) in [6.45, 7) is 1.69. The smallest absolute Gasteiger partial charge is 0.459 e. The molecule has 0 aliphatic carbocycles. The summed E-state index contributed by atoms with van der Waals surface area (Å²) in [5, 5.41) is 0.313. The van der Waals surface area contributed by atoms with Gasteiger partial charge in [0.05, 0.1) is 6.61 Å². The molecule has 0 aliphatic rings. The summed E-state index contributed by atoms with van der Waals surface area (Å²) in [4.78, 5) is 19.7. The van der Waals surface area contributed by atoms with Crippen molar-refractivity contribution < 1.29 is 31.5 Å². The molecule has 0 radical (unpaired) electrons. The number of rotatable bonds is 4. The Morgan fingerprint density at radius 2 is 1.74 bits per heavy atom. The van der Waals surface area contributed by atoms with E-state index in [1.54, 1.807) is 37.3 Å². The van der Waals surface area contributed by atoms with Gasteiger partial charge in [0.25, 0.3) is 0 Å². The van der Waals surface area contributed by atoms with Crippen molar-refractivity contribution in [3.63, 3.8) is 0 Å². The number of carbonyl (C=O) groups is 1. The Morgan fingerprint density at radius 3 is 2.39 bits per heavy atom. The standard InChI is InChI=1S/C21H14F5N3O2/c1-2-31-19(30)15-11-29-17(27-15)9-8-13-14(12-6-4-3-5-7-12)10-16(28-18(13)29)20(22,23)21(24,25)26/h3-11H,2H2,1H3. The third-order valence-electron chi connectivity index (χ3n) is 4.65. The summed E-state index contributed by atoms with van der Waals surface area (Å²) in [5.74, 6) is -5.93. The number of alkyl halides is 5. The fraction of sp³-hybridized carbons (Fsp3) is 0.190. The lowest BCUT2D eigenvalue weighted by Crippen LogP contribution is -2.34. The Kier molecular flexibility index (Phi) is 4.87. The second-order valence-electron chi connectivity index (χ2n) is 6.64. The molecule has 0 unspecified atom stereocenters. The van der Waals surface area contributed by atoms with Crippen molar-refractivity contribution >= 4 is 22.6 Å². The lowest BCUT2D eigenvalue weighted by atomic mass is 10.00. The number of halogens is 5. The van der Waals surface area contributed by atoms with Gasteiger partial charge in [-0.05, 0) is 36.2 Å². The first-order valence-corrected chi connectivity index (χ1v) is 9.14. The Bertz CT molecular complexity index is 1280. The predicted octanol–water partition coefficient (Wildman–Crippen LogP) is 5.38. The van der Waals surface area contributed by atoms with Crippen LogP contribution in [0.3, 0.4) is 0 Å². The summed E-state index contributed by atoms with van der Waals surface area (Å²) >= 11 is 0. The quantitative estimate of drug-likeness (QED) is 0.319. The number of fused-ring (bicyclic) bond motifs is 3. The lowest BCUT2D eigenvalue weighted by Gasteiger charge is -2.20. The monoisotopic (exact) mass is 435 g/mol. The van der Waals surface area contributed by atoms with Crippen LogP contribution < -0.4 is 0 Å². The van der Waals surface area contributed by atoms with E-state index < -0.39 is 23.8 Å². The summed E-state index contributed by atoms with van der Waals surface area (Å²) in [7, 11) is 0. The molecule has 0 spiro atoms. The molecule has 0 atom stereocenters. The Morgan fingerprint density at radius 1 is 1.03 bits per heavy atom. The second kappa shape index (κ2) is 7.29. The average Bonchev–Trinajstić information content (AvgIpc) is 3.18. The molecule has 0 N–H and O–H groups in total. The topological polar surface area (TPSA) is 56.5 Å². The number of hydrogen-bond donors (Lipinski definition) is 0. The zero-order valence-electron chi connectivity index (χ0n) is 16.0. The maximum absolute atomic E-state index is 14.2. The van der Waals surface area contributed by atoms with Gasteiger partial charge in [-0.25, -0.2) is 14.8 Å². The molecule has 10 heteroatoms. The van der Waals surface area contributed by atoms with Crippen LogP contribution in [0.15, 0.2) is 54.7 Å². The molecule has 31 heavy (non-hydrogen) atoms. The first-order valence-electron chi connectivity index (χ1n) is 9.14. The number of nitrogens with zero attached hydrogens (tertiary/aromatic N) is 3. The summed E-state index contributed by atoms with van der Waals surface area (Å²) in [5.41, 5.74) is -1.05. The van der Waals surface area contributed by atoms with Gasteiger partial charge in [-0.15, -0.1) is 0 Å². The highest BCUT2D eigenvalue weighted by Crippen LogP contribution is 2.45. The summed E-state index contributed by atoms with van der Waals surface area (Å²) in [6.07, 6.45) is -4.63. The molecule has 3 aromatic heterocycles. The molecule has 0 bridgehead atoms. The van der Waals surface area contributed by atoms with Gasteiger partial charge in [0, 0.05) is 11.6 Å². The van der Waals surface area contributed by atoms with Gasteiger partial charge < -0.3 is 4.74 Å². The van der Waals surface area contributed by atoms with Gasteiger partial charge in [-0.3, -0.25) is 4.40 Å². The minimum Gasteiger partial charge on any atom is -0.461 e. The zero-order valence-corrected chi connectivity index (χ0v) is 16.0. The van der Waals surface area contributed by atoms with Crippen LogP contribution >= 0.6 is 0 Å². The van der Waals surface area contributed by atoms with Crippen LogP contribution in [0.4, 0.5) is 22.0 Å². The summed E-state index contributed by atoms with van der Waals surface area (Å²) < 4.78 is 73.8. The van der Waals surface area contributed by atoms with Gasteiger partial charge in [0.2, 0.25) is 0 Å². The van der Waals surface area contributed by atoms with E-state index in [1.165, 1.54) is 22.7 Å². The molecule has 0 saturated carbocycles. The highest BCUT2D eigenvalue weighted by Gasteiger charge is 2.60. The Labute approximate surface area is 172 Å². The van der Waals surface area contributed by atoms with E-state index in [0.717, 1.165) is 6.07 Å². The molecular formula is C21H14F5N3O2. The highest BCUT2D eigenvalue weighted by molar-refractivity contribution is 5.95. The maximum atomic E-state index is 14.2. The van der Waals surface area contributed by atoms with Crippen LogP contribution in [0.2, 0.25) is 0 Å². The van der Waals surface area contributed by atoms with E-state index >= 15 is 0 Å². The van der Waals surface area contributed by atoms with Gasteiger partial charge >= 0.3 is 18.1 Å². The third kappa shape index (κ3) is 3.47. The van der Waals surface area contributed by atoms with E-state index in [4.69, 9.17) is 4.74 Å². The fourth-order valence-corrected chi connectivity index (χ4v) is 3.20. The number of pyridine rings is 2. The molecular weight excluding hydrogens is 421 g/mol. The van der Waals surface area contributed by atoms with Crippen molar-refractivity contribution in [1.29, 1.82) is 0 Å². The van der Waals surface area contributed by atoms with Crippen molar-refractivity contribution in [2.45, 2.75) is 19.0 Å². The van der Waals surface area contributed by atoms with Crippen molar-refractivity contribution in [3.05, 3.63) is 66.1 Å². The first kappa shape index (κ1) is 20.7. The molecule has 3 heterocycles. The third-order valence-corrected chi connectivity index (χ3v) is 4.65. The van der Waals surface area contributed by atoms with Crippen LogP contribution in [-0.4, -0.2) is 33.1 Å². The molecule has 5 nitrogen and oxygen atoms in total. The summed E-state index contributed by atoms with van der Waals surface area (Å²) in [6, 6.07) is 11.9. The van der Waals surface area contributed by atoms with Crippen LogP contribution in [0.5, 0.6) is 0 Å². The second-order valence-corrected chi connectivity index (χ2v) is 6.64. The minimum atomic E-state index is -5.83. The molecule has 0 aliphatic heterocycles. The number of hydrogen-bond acceptors (Lipinski definition) is 4. The van der Waals surface area contributed by atoms with E-state index in [-0.39, 0.29) is 29.2 Å². The number of imidazole rings is 1. The zero-order chi connectivity index (χ0) is 22.4. The van der Waals surface area contributed by atoms with Gasteiger partial charge in [0.1, 0.15) is 17.0 Å². The molecule has 4 aromatic rings. The largest absolute Gasteiger partial charge is 0.461 e. The predicted molar refractivity (Wildman–Crippen MR) is 102 cm³/mol. The van der Waals surface area contributed by atoms with Gasteiger partial charge in [0.15, 0.2) is 5.69 Å². The number of aromatic nitrogens is 3. The van der Waals surface area contributed by atoms with Gasteiger partial charge in [-0.2, -0.15) is 22.0 Å². The van der Waals surface area contributed by atoms with E-state index in [9.17, 15) is 26.7 Å². The number of esters is 1. The molecule has 0 saturated heterocycles. The van der Waals surface area contributed by atoms with Crippen LogP contribution in [-0.2, 0) is 10.7 Å². The van der Waals surface area contributed by atoms with Gasteiger partial charge in [-0.1, -0.05) is 30.3 Å². The fourth-order valence-electron chi connectivity index (χ4n) is 3.20. The van der Waals surface area contributed by atoms with Crippen LogP contribution in [0.1, 0.15) is 23.1 Å². The minimum absolute atomic E-state index is 0.0891. The van der Waals surface area contributed by atoms with Crippen LogP contribution in [0.25, 0.3) is 27.8 Å². The lowest BCUT2D eigenvalue weighted by molar-refractivity contribution is -0.290. The molecule has 1 aromatic carbocycles. The van der Waals surface area contributed by atoms with Crippen molar-refractivity contribution in [2.24, 2.45) is 0 Å². The average molecular weight is 435 g/mol. The van der Waals surface area contributed by atoms with E-state index in [0.29, 0.717) is 10.9 Å².